The summed E-state index contributed by atoms with van der Waals surface area (Å²) in [5.41, 5.74) is 8.46. The van der Waals surface area contributed by atoms with E-state index in [0.717, 1.165) is 27.3 Å². The number of carboxylic acid groups (broad SMARTS) is 1. The van der Waals surface area contributed by atoms with E-state index in [4.69, 9.17) is 15.6 Å². The molecule has 0 bridgehead atoms. The van der Waals surface area contributed by atoms with Crippen molar-refractivity contribution in [2.75, 3.05) is 43.4 Å². The van der Waals surface area contributed by atoms with Crippen LogP contribution < -0.4 is 20.7 Å². The normalized spacial score (nSPS) is 18.0. The number of nitrogen functional groups attached to an aromatic ring is 1. The number of ether oxygens (including phenoxy) is 1. The molecule has 10 nitrogen and oxygen atoms in total. The summed E-state index contributed by atoms with van der Waals surface area (Å²) in [5, 5.41) is 12.9. The smallest absolute Gasteiger partial charge is 0.407 e. The number of hydrogen-bond donors (Lipinski definition) is 3. The number of anilines is 2. The first kappa shape index (κ1) is 21.3. The minimum Gasteiger partial charge on any atom is -0.475 e. The molecule has 4 N–H and O–H groups in total. The van der Waals surface area contributed by atoms with E-state index >= 15 is 0 Å². The third-order valence-electron chi connectivity index (χ3n) is 5.96. The number of thiophene rings is 1. The maximum atomic E-state index is 12.9. The highest BCUT2D eigenvalue weighted by Crippen LogP contribution is 2.33. The Labute approximate surface area is 194 Å². The van der Waals surface area contributed by atoms with Crippen molar-refractivity contribution < 1.29 is 19.4 Å². The summed E-state index contributed by atoms with van der Waals surface area (Å²) < 4.78 is 5.87. The molecule has 1 atom stereocenters. The summed E-state index contributed by atoms with van der Waals surface area (Å²) in [7, 11) is 0. The van der Waals surface area contributed by atoms with E-state index in [1.54, 1.807) is 0 Å². The number of hydrogen-bond acceptors (Lipinski definition) is 8. The van der Waals surface area contributed by atoms with E-state index in [-0.39, 0.29) is 11.9 Å². The zero-order chi connectivity index (χ0) is 23.1. The summed E-state index contributed by atoms with van der Waals surface area (Å²) in [6.45, 7) is 4.27. The molecule has 5 rings (SSSR count). The Balaban J connectivity index is 1.25. The van der Waals surface area contributed by atoms with Gasteiger partial charge in [-0.1, -0.05) is 0 Å². The second kappa shape index (κ2) is 8.39. The Bertz CT molecular complexity index is 1240. The van der Waals surface area contributed by atoms with Gasteiger partial charge in [0.15, 0.2) is 0 Å². The molecular formula is C22H24N6O4S. The quantitative estimate of drug-likeness (QED) is 0.532. The van der Waals surface area contributed by atoms with Crippen molar-refractivity contribution in [3.63, 3.8) is 0 Å². The standard InChI is InChI=1S/C22H24N6O4S/c1-12-2-4-15-17(23)18(33-21(15)24-12)19(29)25-14-10-13-3-5-16(26-20(13)32-11-14)27-6-8-28(9-7-27)22(30)31/h2-5,14H,6-11,23H2,1H3,(H,25,29)(H,30,31)/t14-/m1/s1. The third-order valence-corrected chi connectivity index (χ3v) is 7.07. The molecule has 0 aliphatic carbocycles. The van der Waals surface area contributed by atoms with Gasteiger partial charge in [-0.25, -0.2) is 9.78 Å². The average molecular weight is 469 g/mol. The first-order valence-corrected chi connectivity index (χ1v) is 11.5. The number of fused-ring (bicyclic) bond motifs is 2. The molecule has 172 valence electrons. The number of nitrogens with two attached hydrogens (primary N) is 1. The summed E-state index contributed by atoms with van der Waals surface area (Å²) in [5.74, 6) is 1.09. The van der Waals surface area contributed by atoms with Crippen LogP contribution in [0.3, 0.4) is 0 Å². The van der Waals surface area contributed by atoms with Gasteiger partial charge in [-0.2, -0.15) is 4.98 Å². The van der Waals surface area contributed by atoms with Crippen molar-refractivity contribution in [2.24, 2.45) is 0 Å². The van der Waals surface area contributed by atoms with Crippen molar-refractivity contribution in [3.05, 3.63) is 40.4 Å². The summed E-state index contributed by atoms with van der Waals surface area (Å²) in [4.78, 5) is 37.8. The Kier molecular flexibility index (Phi) is 5.41. The molecule has 0 saturated carbocycles. The van der Waals surface area contributed by atoms with Crippen LogP contribution in [-0.4, -0.2) is 70.8 Å². The molecular weight excluding hydrogens is 444 g/mol. The molecule has 0 unspecified atom stereocenters. The van der Waals surface area contributed by atoms with Gasteiger partial charge in [0.2, 0.25) is 5.88 Å². The molecule has 2 aliphatic heterocycles. The van der Waals surface area contributed by atoms with Crippen LogP contribution in [0.15, 0.2) is 24.3 Å². The highest BCUT2D eigenvalue weighted by Gasteiger charge is 2.27. The SMILES string of the molecule is Cc1ccc2c(N)c(C(=O)N[C@H]3COc4nc(N5CCN(C(=O)O)CC5)ccc4C3)sc2n1. The van der Waals surface area contributed by atoms with Crippen molar-refractivity contribution in [3.8, 4) is 5.88 Å². The molecule has 1 fully saturated rings. The van der Waals surface area contributed by atoms with Crippen LogP contribution in [0.5, 0.6) is 5.88 Å². The van der Waals surface area contributed by atoms with Gasteiger partial charge in [0, 0.05) is 49.2 Å². The van der Waals surface area contributed by atoms with E-state index in [0.29, 0.717) is 55.7 Å². The van der Waals surface area contributed by atoms with Crippen LogP contribution in [0.2, 0.25) is 0 Å². The number of nitrogens with zero attached hydrogens (tertiary/aromatic N) is 4. The van der Waals surface area contributed by atoms with Gasteiger partial charge >= 0.3 is 6.09 Å². The van der Waals surface area contributed by atoms with Gasteiger partial charge in [-0.15, -0.1) is 11.3 Å². The van der Waals surface area contributed by atoms with Gasteiger partial charge in [0.05, 0.1) is 11.7 Å². The predicted molar refractivity (Wildman–Crippen MR) is 125 cm³/mol. The van der Waals surface area contributed by atoms with E-state index in [9.17, 15) is 9.59 Å². The highest BCUT2D eigenvalue weighted by molar-refractivity contribution is 7.21. The molecule has 0 radical (unpaired) electrons. The zero-order valence-corrected chi connectivity index (χ0v) is 18.9. The molecule has 3 aromatic heterocycles. The second-order valence-corrected chi connectivity index (χ2v) is 9.23. The molecule has 2 amide bonds. The first-order valence-electron chi connectivity index (χ1n) is 10.7. The average Bonchev–Trinajstić information content (AvgIpc) is 3.14. The zero-order valence-electron chi connectivity index (χ0n) is 18.1. The van der Waals surface area contributed by atoms with Gasteiger partial charge in [-0.05, 0) is 31.2 Å². The molecule has 5 heterocycles. The second-order valence-electron chi connectivity index (χ2n) is 8.23. The Hall–Kier alpha value is -3.60. The van der Waals surface area contributed by atoms with Crippen LogP contribution >= 0.6 is 11.3 Å². The third kappa shape index (κ3) is 4.11. The number of aromatic nitrogens is 2. The minimum absolute atomic E-state index is 0.198. The highest BCUT2D eigenvalue weighted by atomic mass is 32.1. The predicted octanol–water partition coefficient (Wildman–Crippen LogP) is 2.12. The molecule has 0 aromatic carbocycles. The number of nitrogens with one attached hydrogen (secondary N) is 1. The molecule has 0 spiro atoms. The summed E-state index contributed by atoms with van der Waals surface area (Å²) >= 11 is 1.29. The number of rotatable bonds is 3. The van der Waals surface area contributed by atoms with Gasteiger partial charge in [0.25, 0.3) is 5.91 Å². The molecule has 3 aromatic rings. The lowest BCUT2D eigenvalue weighted by atomic mass is 10.1. The Morgan fingerprint density at radius 3 is 2.73 bits per heavy atom. The lowest BCUT2D eigenvalue weighted by molar-refractivity contribution is 0.0918. The maximum Gasteiger partial charge on any atom is 0.407 e. The van der Waals surface area contributed by atoms with Crippen LogP contribution in [0.1, 0.15) is 20.9 Å². The minimum atomic E-state index is -0.895. The van der Waals surface area contributed by atoms with Gasteiger partial charge in [-0.3, -0.25) is 4.79 Å². The van der Waals surface area contributed by atoms with Crippen LogP contribution in [0, 0.1) is 6.92 Å². The number of piperazine rings is 1. The summed E-state index contributed by atoms with van der Waals surface area (Å²) in [6.07, 6.45) is -0.295. The summed E-state index contributed by atoms with van der Waals surface area (Å²) in [6, 6.07) is 7.45. The molecule has 1 saturated heterocycles. The van der Waals surface area contributed by atoms with Crippen molar-refractivity contribution in [1.82, 2.24) is 20.2 Å². The fraction of sp³-hybridized carbons (Fsp3) is 0.364. The van der Waals surface area contributed by atoms with Crippen molar-refractivity contribution in [1.29, 1.82) is 0 Å². The maximum absolute atomic E-state index is 12.9. The molecule has 11 heteroatoms. The number of pyridine rings is 2. The van der Waals surface area contributed by atoms with E-state index in [1.165, 1.54) is 16.2 Å². The Morgan fingerprint density at radius 2 is 1.97 bits per heavy atom. The van der Waals surface area contributed by atoms with Crippen molar-refractivity contribution >= 4 is 45.1 Å². The fourth-order valence-corrected chi connectivity index (χ4v) is 5.19. The molecule has 2 aliphatic rings. The van der Waals surface area contributed by atoms with Crippen molar-refractivity contribution in [2.45, 2.75) is 19.4 Å². The lowest BCUT2D eigenvalue weighted by Gasteiger charge is -2.34. The van der Waals surface area contributed by atoms with Crippen LogP contribution in [-0.2, 0) is 6.42 Å². The number of carbonyl (C=O) groups is 2. The lowest BCUT2D eigenvalue weighted by Crippen LogP contribution is -2.48. The van der Waals surface area contributed by atoms with Gasteiger partial charge in [0.1, 0.15) is 22.1 Å². The fourth-order valence-electron chi connectivity index (χ4n) is 4.15. The number of amides is 2. The number of carbonyl (C=O) groups excluding carboxylic acids is 1. The van der Waals surface area contributed by atoms with E-state index in [2.05, 4.69) is 20.2 Å². The largest absolute Gasteiger partial charge is 0.475 e. The molecule has 33 heavy (non-hydrogen) atoms. The van der Waals surface area contributed by atoms with E-state index in [1.807, 2.05) is 31.2 Å². The van der Waals surface area contributed by atoms with E-state index < -0.39 is 6.09 Å². The Morgan fingerprint density at radius 1 is 1.18 bits per heavy atom. The topological polar surface area (TPSA) is 134 Å². The number of aryl methyl sites for hydroxylation is 1. The first-order chi connectivity index (χ1) is 15.9. The van der Waals surface area contributed by atoms with Crippen LogP contribution in [0.25, 0.3) is 10.2 Å². The monoisotopic (exact) mass is 468 g/mol. The van der Waals surface area contributed by atoms with Crippen LogP contribution in [0.4, 0.5) is 16.3 Å². The van der Waals surface area contributed by atoms with Gasteiger partial charge < -0.3 is 30.7 Å².